The molecule has 2 atom stereocenters. The molecule has 0 bridgehead atoms. The minimum absolute atomic E-state index is 0.123. The van der Waals surface area contributed by atoms with Crippen molar-refractivity contribution in [3.63, 3.8) is 0 Å². The average molecular weight is 280 g/mol. The number of benzene rings is 1. The van der Waals surface area contributed by atoms with Gasteiger partial charge in [0.1, 0.15) is 0 Å². The molecule has 108 valence electrons. The first kappa shape index (κ1) is 13.5. The van der Waals surface area contributed by atoms with E-state index in [1.807, 2.05) is 4.90 Å². The van der Waals surface area contributed by atoms with Gasteiger partial charge in [-0.15, -0.1) is 0 Å². The third-order valence-corrected chi connectivity index (χ3v) is 4.35. The Morgan fingerprint density at radius 3 is 2.90 bits per heavy atom. The number of amides is 1. The second kappa shape index (κ2) is 5.48. The van der Waals surface area contributed by atoms with Gasteiger partial charge in [-0.25, -0.2) is 8.78 Å². The lowest BCUT2D eigenvalue weighted by atomic mass is 9.84. The van der Waals surface area contributed by atoms with Gasteiger partial charge in [0.15, 0.2) is 11.6 Å². The van der Waals surface area contributed by atoms with Gasteiger partial charge in [-0.3, -0.25) is 4.79 Å². The summed E-state index contributed by atoms with van der Waals surface area (Å²) in [6.07, 6.45) is 2.40. The van der Waals surface area contributed by atoms with Gasteiger partial charge in [-0.05, 0) is 49.5 Å². The van der Waals surface area contributed by atoms with Crippen molar-refractivity contribution >= 4 is 5.91 Å². The lowest BCUT2D eigenvalue weighted by Crippen LogP contribution is -2.54. The predicted molar refractivity (Wildman–Crippen MR) is 70.9 cm³/mol. The van der Waals surface area contributed by atoms with Crippen molar-refractivity contribution in [2.24, 2.45) is 5.92 Å². The minimum atomic E-state index is -0.853. The number of fused-ring (bicyclic) bond motifs is 1. The first-order valence-corrected chi connectivity index (χ1v) is 7.09. The minimum Gasteiger partial charge on any atom is -0.335 e. The smallest absolute Gasteiger partial charge is 0.223 e. The van der Waals surface area contributed by atoms with Crippen molar-refractivity contribution in [1.29, 1.82) is 0 Å². The van der Waals surface area contributed by atoms with E-state index in [1.54, 1.807) is 6.07 Å². The van der Waals surface area contributed by atoms with Crippen LogP contribution in [0.2, 0.25) is 0 Å². The molecule has 0 aromatic heterocycles. The Balaban J connectivity index is 1.79. The molecule has 0 saturated carbocycles. The molecule has 0 spiro atoms. The summed E-state index contributed by atoms with van der Waals surface area (Å²) >= 11 is 0. The second-order valence-corrected chi connectivity index (χ2v) is 5.63. The third-order valence-electron chi connectivity index (χ3n) is 4.35. The van der Waals surface area contributed by atoms with E-state index in [4.69, 9.17) is 0 Å². The van der Waals surface area contributed by atoms with Gasteiger partial charge >= 0.3 is 0 Å². The van der Waals surface area contributed by atoms with Crippen molar-refractivity contribution in [3.8, 4) is 0 Å². The van der Waals surface area contributed by atoms with E-state index in [-0.39, 0.29) is 11.9 Å². The lowest BCUT2D eigenvalue weighted by molar-refractivity contribution is -0.140. The summed E-state index contributed by atoms with van der Waals surface area (Å²) in [7, 11) is 0. The summed E-state index contributed by atoms with van der Waals surface area (Å²) in [5.41, 5.74) is 0.649. The van der Waals surface area contributed by atoms with Crippen LogP contribution >= 0.6 is 0 Å². The topological polar surface area (TPSA) is 32.3 Å². The van der Waals surface area contributed by atoms with Crippen molar-refractivity contribution in [2.45, 2.75) is 31.8 Å². The first-order chi connectivity index (χ1) is 9.65. The highest BCUT2D eigenvalue weighted by Crippen LogP contribution is 2.30. The van der Waals surface area contributed by atoms with E-state index in [0.29, 0.717) is 24.4 Å². The number of nitrogens with zero attached hydrogens (tertiary/aromatic N) is 1. The van der Waals surface area contributed by atoms with Crippen LogP contribution in [0.3, 0.4) is 0 Å². The van der Waals surface area contributed by atoms with E-state index in [9.17, 15) is 13.6 Å². The molecule has 1 aromatic carbocycles. The number of carbonyl (C=O) groups excluding carboxylic acids is 1. The molecule has 2 heterocycles. The monoisotopic (exact) mass is 280 g/mol. The molecule has 2 aliphatic rings. The zero-order valence-corrected chi connectivity index (χ0v) is 11.2. The predicted octanol–water partition coefficient (Wildman–Crippen LogP) is 2.07. The molecule has 20 heavy (non-hydrogen) atoms. The number of carbonyl (C=O) groups is 1. The van der Waals surface area contributed by atoms with Gasteiger partial charge < -0.3 is 10.2 Å². The Bertz CT molecular complexity index is 521. The second-order valence-electron chi connectivity index (χ2n) is 5.63. The molecule has 1 aromatic rings. The van der Waals surface area contributed by atoms with E-state index in [2.05, 4.69) is 5.32 Å². The number of piperidine rings is 2. The van der Waals surface area contributed by atoms with Crippen LogP contribution in [0.25, 0.3) is 0 Å². The zero-order chi connectivity index (χ0) is 14.1. The summed E-state index contributed by atoms with van der Waals surface area (Å²) < 4.78 is 26.2. The Hall–Kier alpha value is -1.49. The maximum absolute atomic E-state index is 13.3. The molecule has 1 amide bonds. The maximum Gasteiger partial charge on any atom is 0.223 e. The lowest BCUT2D eigenvalue weighted by Gasteiger charge is -2.44. The largest absolute Gasteiger partial charge is 0.335 e. The third kappa shape index (κ3) is 2.54. The van der Waals surface area contributed by atoms with Gasteiger partial charge in [0.2, 0.25) is 5.91 Å². The Morgan fingerprint density at radius 2 is 2.10 bits per heavy atom. The highest BCUT2D eigenvalue weighted by Gasteiger charge is 2.36. The van der Waals surface area contributed by atoms with Crippen LogP contribution in [0.5, 0.6) is 0 Å². The molecule has 0 aliphatic carbocycles. The Labute approximate surface area is 117 Å². The number of likely N-dealkylation sites (tertiary alicyclic amines) is 1. The van der Waals surface area contributed by atoms with Crippen LogP contribution in [0.15, 0.2) is 18.2 Å². The molecule has 2 unspecified atom stereocenters. The number of halogens is 2. The molecule has 0 radical (unpaired) electrons. The zero-order valence-electron chi connectivity index (χ0n) is 11.2. The van der Waals surface area contributed by atoms with Gasteiger partial charge in [-0.2, -0.15) is 0 Å². The van der Waals surface area contributed by atoms with Crippen molar-refractivity contribution < 1.29 is 13.6 Å². The fraction of sp³-hybridized carbons (Fsp3) is 0.533. The van der Waals surface area contributed by atoms with Crippen molar-refractivity contribution in [3.05, 3.63) is 35.4 Å². The van der Waals surface area contributed by atoms with Gasteiger partial charge in [0.05, 0.1) is 0 Å². The van der Waals surface area contributed by atoms with E-state index < -0.39 is 11.6 Å². The fourth-order valence-electron chi connectivity index (χ4n) is 3.29. The summed E-state index contributed by atoms with van der Waals surface area (Å²) in [5.74, 6) is -1.10. The van der Waals surface area contributed by atoms with Crippen LogP contribution in [-0.2, 0) is 11.3 Å². The number of nitrogens with one attached hydrogen (secondary N) is 1. The molecular weight excluding hydrogens is 262 g/mol. The normalized spacial score (nSPS) is 26.5. The van der Waals surface area contributed by atoms with Crippen LogP contribution in [0.4, 0.5) is 8.78 Å². The molecule has 5 heteroatoms. The molecular formula is C15H18F2N2O. The summed E-state index contributed by atoms with van der Waals surface area (Å²) in [6, 6.07) is 4.09. The summed E-state index contributed by atoms with van der Waals surface area (Å²) in [5, 5.41) is 3.35. The van der Waals surface area contributed by atoms with E-state index >= 15 is 0 Å². The molecule has 3 rings (SSSR count). The van der Waals surface area contributed by atoms with Crippen LogP contribution in [0.1, 0.15) is 24.8 Å². The van der Waals surface area contributed by atoms with Crippen molar-refractivity contribution in [1.82, 2.24) is 10.2 Å². The van der Waals surface area contributed by atoms with Crippen LogP contribution in [0, 0.1) is 17.6 Å². The number of rotatable bonds is 2. The first-order valence-electron chi connectivity index (χ1n) is 7.09. The van der Waals surface area contributed by atoms with Gasteiger partial charge in [0, 0.05) is 19.0 Å². The number of hydrogen-bond acceptors (Lipinski definition) is 2. The van der Waals surface area contributed by atoms with Crippen LogP contribution < -0.4 is 5.32 Å². The fourth-order valence-corrected chi connectivity index (χ4v) is 3.29. The van der Waals surface area contributed by atoms with Gasteiger partial charge in [0.25, 0.3) is 0 Å². The molecule has 2 saturated heterocycles. The van der Waals surface area contributed by atoms with E-state index in [1.165, 1.54) is 6.07 Å². The standard InChI is InChI=1S/C15H18F2N2O/c16-12-3-1-10(7-13(12)17)9-19-14-5-6-18-8-11(14)2-4-15(19)20/h1,3,7,11,14,18H,2,4-6,8-9H2. The summed E-state index contributed by atoms with van der Waals surface area (Å²) in [6.45, 7) is 2.21. The Morgan fingerprint density at radius 1 is 1.25 bits per heavy atom. The van der Waals surface area contributed by atoms with E-state index in [0.717, 1.165) is 32.0 Å². The Kier molecular flexibility index (Phi) is 3.70. The highest BCUT2D eigenvalue weighted by molar-refractivity contribution is 5.77. The molecule has 1 N–H and O–H groups in total. The summed E-state index contributed by atoms with van der Waals surface area (Å²) in [4.78, 5) is 14.0. The SMILES string of the molecule is O=C1CCC2CNCCC2N1Cc1ccc(F)c(F)c1. The van der Waals surface area contributed by atoms with Crippen LogP contribution in [-0.4, -0.2) is 29.9 Å². The highest BCUT2D eigenvalue weighted by atomic mass is 19.2. The van der Waals surface area contributed by atoms with Crippen molar-refractivity contribution in [2.75, 3.05) is 13.1 Å². The molecule has 3 nitrogen and oxygen atoms in total. The quantitative estimate of drug-likeness (QED) is 0.899. The molecule has 2 aliphatic heterocycles. The average Bonchev–Trinajstić information content (AvgIpc) is 2.46. The molecule has 2 fully saturated rings. The number of hydrogen-bond donors (Lipinski definition) is 1. The van der Waals surface area contributed by atoms with Gasteiger partial charge in [-0.1, -0.05) is 6.07 Å². The maximum atomic E-state index is 13.3.